The lowest BCUT2D eigenvalue weighted by Crippen LogP contribution is -2.01. The average Bonchev–Trinajstić information content (AvgIpc) is 2.81. The number of aromatic nitrogens is 2. The fourth-order valence-electron chi connectivity index (χ4n) is 2.27. The Morgan fingerprint density at radius 3 is 2.57 bits per heavy atom. The molecule has 0 amide bonds. The van der Waals surface area contributed by atoms with Gasteiger partial charge in [0.1, 0.15) is 5.75 Å². The van der Waals surface area contributed by atoms with E-state index in [1.165, 1.54) is 13.2 Å². The molecule has 0 aliphatic rings. The second kappa shape index (κ2) is 4.97. The minimum absolute atomic E-state index is 0.184. The number of nitrogen functional groups attached to an aromatic ring is 1. The fraction of sp³-hybridized carbons (Fsp3) is 0.133. The van der Waals surface area contributed by atoms with Crippen LogP contribution in [0.15, 0.2) is 36.4 Å². The molecule has 0 fully saturated rings. The zero-order valence-electron chi connectivity index (χ0n) is 11.6. The third-order valence-corrected chi connectivity index (χ3v) is 3.28. The molecule has 0 saturated heterocycles. The quantitative estimate of drug-likeness (QED) is 0.804. The first-order chi connectivity index (χ1) is 10.1. The number of fused-ring (bicyclic) bond motifs is 1. The van der Waals surface area contributed by atoms with Crippen LogP contribution in [-0.4, -0.2) is 23.8 Å². The van der Waals surface area contributed by atoms with Gasteiger partial charge in [-0.3, -0.25) is 4.57 Å². The Morgan fingerprint density at radius 1 is 1.10 bits per heavy atom. The van der Waals surface area contributed by atoms with Gasteiger partial charge >= 0.3 is 0 Å². The molecule has 6 heteroatoms. The van der Waals surface area contributed by atoms with E-state index < -0.39 is 5.82 Å². The summed E-state index contributed by atoms with van der Waals surface area (Å²) in [5.74, 6) is 0.698. The van der Waals surface area contributed by atoms with Crippen molar-refractivity contribution in [2.75, 3.05) is 20.0 Å². The van der Waals surface area contributed by atoms with Crippen LogP contribution in [0, 0.1) is 5.82 Å². The molecule has 0 radical (unpaired) electrons. The van der Waals surface area contributed by atoms with Gasteiger partial charge in [-0.25, -0.2) is 9.37 Å². The molecule has 3 rings (SSSR count). The highest BCUT2D eigenvalue weighted by Gasteiger charge is 2.13. The van der Waals surface area contributed by atoms with Crippen molar-refractivity contribution in [2.45, 2.75) is 0 Å². The van der Waals surface area contributed by atoms with Gasteiger partial charge in [0.2, 0.25) is 5.95 Å². The molecule has 5 nitrogen and oxygen atoms in total. The molecular weight excluding hydrogens is 273 g/mol. The van der Waals surface area contributed by atoms with E-state index in [0.29, 0.717) is 17.0 Å². The molecule has 0 saturated carbocycles. The van der Waals surface area contributed by atoms with Crippen molar-refractivity contribution < 1.29 is 13.9 Å². The number of hydrogen-bond donors (Lipinski definition) is 1. The third kappa shape index (κ3) is 2.14. The lowest BCUT2D eigenvalue weighted by molar-refractivity contribution is 0.386. The molecule has 2 aromatic carbocycles. The maximum absolute atomic E-state index is 13.9. The Morgan fingerprint density at radius 2 is 1.90 bits per heavy atom. The molecule has 0 unspecified atom stereocenters. The number of nitrogens with two attached hydrogens (primary N) is 1. The summed E-state index contributed by atoms with van der Waals surface area (Å²) in [7, 11) is 3.01. The largest absolute Gasteiger partial charge is 0.497 e. The number of imidazole rings is 1. The Bertz CT molecular complexity index is 814. The highest BCUT2D eigenvalue weighted by molar-refractivity contribution is 5.82. The SMILES string of the molecule is COc1ccc2c(c1)nc(N)n2-c1ccc(OC)c(F)c1. The second-order valence-corrected chi connectivity index (χ2v) is 4.48. The van der Waals surface area contributed by atoms with Crippen molar-refractivity contribution in [1.29, 1.82) is 0 Å². The summed E-state index contributed by atoms with van der Waals surface area (Å²) in [6, 6.07) is 10.1. The number of rotatable bonds is 3. The van der Waals surface area contributed by atoms with Gasteiger partial charge in [0.05, 0.1) is 30.9 Å². The molecule has 0 bridgehead atoms. The standard InChI is InChI=1S/C15H14FN3O2/c1-20-10-4-5-13-12(8-10)18-15(17)19(13)9-3-6-14(21-2)11(16)7-9/h3-8H,1-2H3,(H2,17,18). The first-order valence-electron chi connectivity index (χ1n) is 6.30. The van der Waals surface area contributed by atoms with Crippen LogP contribution in [0.2, 0.25) is 0 Å². The van der Waals surface area contributed by atoms with Crippen molar-refractivity contribution in [3.8, 4) is 17.2 Å². The van der Waals surface area contributed by atoms with Crippen molar-refractivity contribution in [2.24, 2.45) is 0 Å². The van der Waals surface area contributed by atoms with Gasteiger partial charge in [0.25, 0.3) is 0 Å². The lowest BCUT2D eigenvalue weighted by atomic mass is 10.2. The molecule has 0 aliphatic heterocycles. The summed E-state index contributed by atoms with van der Waals surface area (Å²) < 4.78 is 25.6. The summed E-state index contributed by atoms with van der Waals surface area (Å²) in [6.07, 6.45) is 0. The van der Waals surface area contributed by atoms with E-state index in [1.807, 2.05) is 6.07 Å². The monoisotopic (exact) mass is 287 g/mol. The van der Waals surface area contributed by atoms with Gasteiger partial charge in [0, 0.05) is 12.1 Å². The van der Waals surface area contributed by atoms with E-state index in [0.717, 1.165) is 5.52 Å². The van der Waals surface area contributed by atoms with Gasteiger partial charge in [-0.1, -0.05) is 0 Å². The second-order valence-electron chi connectivity index (χ2n) is 4.48. The van der Waals surface area contributed by atoms with Gasteiger partial charge in [0.15, 0.2) is 11.6 Å². The van der Waals surface area contributed by atoms with Crippen molar-refractivity contribution >= 4 is 17.0 Å². The number of ether oxygens (including phenoxy) is 2. The molecule has 0 spiro atoms. The zero-order valence-corrected chi connectivity index (χ0v) is 11.6. The molecule has 108 valence electrons. The van der Waals surface area contributed by atoms with Crippen LogP contribution in [0.25, 0.3) is 16.7 Å². The normalized spacial score (nSPS) is 10.8. The van der Waals surface area contributed by atoms with E-state index in [1.54, 1.807) is 35.9 Å². The summed E-state index contributed by atoms with van der Waals surface area (Å²) in [5.41, 5.74) is 8.00. The smallest absolute Gasteiger partial charge is 0.205 e. The van der Waals surface area contributed by atoms with Crippen LogP contribution in [0.3, 0.4) is 0 Å². The van der Waals surface area contributed by atoms with Gasteiger partial charge in [-0.15, -0.1) is 0 Å². The number of benzene rings is 2. The third-order valence-electron chi connectivity index (χ3n) is 3.28. The predicted octanol–water partition coefficient (Wildman–Crippen LogP) is 2.76. The number of methoxy groups -OCH3 is 2. The van der Waals surface area contributed by atoms with Gasteiger partial charge in [-0.05, 0) is 24.3 Å². The summed E-state index contributed by atoms with van der Waals surface area (Å²) in [6.45, 7) is 0. The lowest BCUT2D eigenvalue weighted by Gasteiger charge is -2.09. The number of halogens is 1. The number of hydrogen-bond acceptors (Lipinski definition) is 4. The number of anilines is 1. The van der Waals surface area contributed by atoms with Crippen LogP contribution in [-0.2, 0) is 0 Å². The van der Waals surface area contributed by atoms with Crippen molar-refractivity contribution in [1.82, 2.24) is 9.55 Å². The Labute approximate surface area is 120 Å². The van der Waals surface area contributed by atoms with E-state index in [2.05, 4.69) is 4.98 Å². The minimum atomic E-state index is -0.454. The van der Waals surface area contributed by atoms with Gasteiger partial charge < -0.3 is 15.2 Å². The molecule has 0 aliphatic carbocycles. The Hall–Kier alpha value is -2.76. The van der Waals surface area contributed by atoms with E-state index in [-0.39, 0.29) is 11.7 Å². The molecular formula is C15H14FN3O2. The Kier molecular flexibility index (Phi) is 3.13. The van der Waals surface area contributed by atoms with Crippen LogP contribution < -0.4 is 15.2 Å². The topological polar surface area (TPSA) is 62.3 Å². The highest BCUT2D eigenvalue weighted by atomic mass is 19.1. The van der Waals surface area contributed by atoms with Crippen LogP contribution >= 0.6 is 0 Å². The molecule has 2 N–H and O–H groups in total. The maximum Gasteiger partial charge on any atom is 0.205 e. The van der Waals surface area contributed by atoms with Crippen molar-refractivity contribution in [3.05, 3.63) is 42.2 Å². The molecule has 0 atom stereocenters. The van der Waals surface area contributed by atoms with E-state index in [4.69, 9.17) is 15.2 Å². The molecule has 1 heterocycles. The van der Waals surface area contributed by atoms with Gasteiger partial charge in [-0.2, -0.15) is 0 Å². The highest BCUT2D eigenvalue weighted by Crippen LogP contribution is 2.28. The molecule has 3 aromatic rings. The number of nitrogens with zero attached hydrogens (tertiary/aromatic N) is 2. The molecule has 21 heavy (non-hydrogen) atoms. The van der Waals surface area contributed by atoms with E-state index >= 15 is 0 Å². The van der Waals surface area contributed by atoms with Crippen LogP contribution in [0.4, 0.5) is 10.3 Å². The predicted molar refractivity (Wildman–Crippen MR) is 78.5 cm³/mol. The average molecular weight is 287 g/mol. The van der Waals surface area contributed by atoms with Crippen molar-refractivity contribution in [3.63, 3.8) is 0 Å². The van der Waals surface area contributed by atoms with Crippen LogP contribution in [0.5, 0.6) is 11.5 Å². The first-order valence-corrected chi connectivity index (χ1v) is 6.30. The van der Waals surface area contributed by atoms with Crippen LogP contribution in [0.1, 0.15) is 0 Å². The summed E-state index contributed by atoms with van der Waals surface area (Å²) in [4.78, 5) is 4.28. The summed E-state index contributed by atoms with van der Waals surface area (Å²) >= 11 is 0. The molecule has 1 aromatic heterocycles. The first kappa shape index (κ1) is 13.2. The fourth-order valence-corrected chi connectivity index (χ4v) is 2.27. The maximum atomic E-state index is 13.9. The van der Waals surface area contributed by atoms with E-state index in [9.17, 15) is 4.39 Å². The Balaban J connectivity index is 2.20. The zero-order chi connectivity index (χ0) is 15.0. The minimum Gasteiger partial charge on any atom is -0.497 e. The summed E-state index contributed by atoms with van der Waals surface area (Å²) in [5, 5.41) is 0.